The lowest BCUT2D eigenvalue weighted by atomic mass is 9.87. The predicted octanol–water partition coefficient (Wildman–Crippen LogP) is 4.08. The van der Waals surface area contributed by atoms with Crippen molar-refractivity contribution in [2.24, 2.45) is 0 Å². The molecule has 0 aliphatic rings. The molecule has 0 bridgehead atoms. The lowest BCUT2D eigenvalue weighted by Gasteiger charge is -2.19. The molecule has 0 aliphatic heterocycles. The largest absolute Gasteiger partial charge is 0.382 e. The van der Waals surface area contributed by atoms with Gasteiger partial charge >= 0.3 is 0 Å². The van der Waals surface area contributed by atoms with Gasteiger partial charge in [-0.25, -0.2) is 15.0 Å². The summed E-state index contributed by atoms with van der Waals surface area (Å²) in [5.41, 5.74) is 8.83. The Morgan fingerprint density at radius 2 is 1.79 bits per heavy atom. The molecule has 3 rings (SSSR count). The van der Waals surface area contributed by atoms with Gasteiger partial charge in [0.25, 0.3) is 5.91 Å². The third-order valence-corrected chi connectivity index (χ3v) is 4.71. The summed E-state index contributed by atoms with van der Waals surface area (Å²) in [4.78, 5) is 24.2. The molecule has 0 atom stereocenters. The molecule has 7 nitrogen and oxygen atoms in total. The van der Waals surface area contributed by atoms with Gasteiger partial charge in [-0.15, -0.1) is 0 Å². The van der Waals surface area contributed by atoms with Crippen molar-refractivity contribution in [2.45, 2.75) is 32.7 Å². The number of hydrogen-bond acceptors (Lipinski definition) is 6. The van der Waals surface area contributed by atoms with E-state index in [9.17, 15) is 4.79 Å². The van der Waals surface area contributed by atoms with E-state index in [0.717, 1.165) is 17.1 Å². The van der Waals surface area contributed by atoms with Crippen molar-refractivity contribution in [1.29, 1.82) is 0 Å². The van der Waals surface area contributed by atoms with E-state index in [4.69, 9.17) is 17.3 Å². The standard InChI is InChI=1S/C21H23ClN6O/c1-21(2,3)14-5-7-15(8-6-14)28-16-9-4-13(10-24-16)11-25-20(29)18-17(22)19(23)27-12-26-18/h4-10,12H,11H2,1-3H3,(H,24,28)(H,25,29)(H2,23,26,27). The maximum absolute atomic E-state index is 12.2. The number of carbonyl (C=O) groups excluding carboxylic acids is 1. The number of rotatable bonds is 5. The van der Waals surface area contributed by atoms with Crippen molar-refractivity contribution < 1.29 is 4.79 Å². The van der Waals surface area contributed by atoms with E-state index < -0.39 is 5.91 Å². The van der Waals surface area contributed by atoms with Crippen molar-refractivity contribution in [3.8, 4) is 0 Å². The fourth-order valence-corrected chi connectivity index (χ4v) is 2.80. The highest BCUT2D eigenvalue weighted by atomic mass is 35.5. The second-order valence-electron chi connectivity index (χ2n) is 7.61. The maximum Gasteiger partial charge on any atom is 0.271 e. The minimum absolute atomic E-state index is 0.0418. The third kappa shape index (κ3) is 5.20. The van der Waals surface area contributed by atoms with Crippen molar-refractivity contribution >= 4 is 34.8 Å². The first kappa shape index (κ1) is 20.5. The number of anilines is 3. The van der Waals surface area contributed by atoms with Gasteiger partial charge in [-0.05, 0) is 34.7 Å². The Bertz CT molecular complexity index is 997. The number of nitrogens with zero attached hydrogens (tertiary/aromatic N) is 3. The minimum atomic E-state index is -0.426. The van der Waals surface area contributed by atoms with Crippen LogP contribution in [0.2, 0.25) is 5.02 Å². The summed E-state index contributed by atoms with van der Waals surface area (Å²) in [6, 6.07) is 12.0. The normalized spacial score (nSPS) is 11.2. The molecule has 1 amide bonds. The second kappa shape index (κ2) is 8.45. The van der Waals surface area contributed by atoms with E-state index in [2.05, 4.69) is 58.5 Å². The van der Waals surface area contributed by atoms with Crippen LogP contribution < -0.4 is 16.4 Å². The van der Waals surface area contributed by atoms with Crippen LogP contribution in [0, 0.1) is 0 Å². The first-order valence-electron chi connectivity index (χ1n) is 9.11. The van der Waals surface area contributed by atoms with Gasteiger partial charge in [-0.3, -0.25) is 4.79 Å². The monoisotopic (exact) mass is 410 g/mol. The average Bonchev–Trinajstić information content (AvgIpc) is 2.69. The molecule has 150 valence electrons. The molecule has 0 spiro atoms. The lowest BCUT2D eigenvalue weighted by Crippen LogP contribution is -2.24. The van der Waals surface area contributed by atoms with E-state index in [-0.39, 0.29) is 28.5 Å². The van der Waals surface area contributed by atoms with Crippen molar-refractivity contribution in [3.05, 3.63) is 70.8 Å². The number of halogens is 1. The third-order valence-electron chi connectivity index (χ3n) is 4.33. The van der Waals surface area contributed by atoms with Crippen LogP contribution in [0.3, 0.4) is 0 Å². The minimum Gasteiger partial charge on any atom is -0.382 e. The van der Waals surface area contributed by atoms with Crippen LogP contribution in [0.5, 0.6) is 0 Å². The van der Waals surface area contributed by atoms with E-state index in [1.807, 2.05) is 24.3 Å². The average molecular weight is 411 g/mol. The number of amides is 1. The zero-order valence-electron chi connectivity index (χ0n) is 16.5. The Morgan fingerprint density at radius 3 is 2.41 bits per heavy atom. The van der Waals surface area contributed by atoms with Gasteiger partial charge in [0, 0.05) is 18.4 Å². The number of nitrogens with one attached hydrogen (secondary N) is 2. The Morgan fingerprint density at radius 1 is 1.07 bits per heavy atom. The molecule has 1 aromatic carbocycles. The van der Waals surface area contributed by atoms with Gasteiger partial charge in [0.1, 0.15) is 23.0 Å². The molecule has 0 saturated carbocycles. The predicted molar refractivity (Wildman–Crippen MR) is 115 cm³/mol. The molecular weight excluding hydrogens is 388 g/mol. The summed E-state index contributed by atoms with van der Waals surface area (Å²) >= 11 is 5.97. The van der Waals surface area contributed by atoms with Gasteiger partial charge in [0.05, 0.1) is 0 Å². The summed E-state index contributed by atoms with van der Waals surface area (Å²) in [5.74, 6) is 0.361. The first-order chi connectivity index (χ1) is 13.7. The highest BCUT2D eigenvalue weighted by molar-refractivity contribution is 6.35. The van der Waals surface area contributed by atoms with Gasteiger partial charge in [-0.1, -0.05) is 50.6 Å². The lowest BCUT2D eigenvalue weighted by molar-refractivity contribution is 0.0946. The molecule has 29 heavy (non-hydrogen) atoms. The van der Waals surface area contributed by atoms with Gasteiger partial charge in [0.2, 0.25) is 0 Å². The molecule has 2 aromatic heterocycles. The van der Waals surface area contributed by atoms with Crippen LogP contribution in [0.15, 0.2) is 48.9 Å². The molecule has 0 saturated heterocycles. The number of benzene rings is 1. The molecule has 2 heterocycles. The molecule has 8 heteroatoms. The van der Waals surface area contributed by atoms with Crippen molar-refractivity contribution in [2.75, 3.05) is 11.1 Å². The highest BCUT2D eigenvalue weighted by Gasteiger charge is 2.15. The second-order valence-corrected chi connectivity index (χ2v) is 7.99. The Kier molecular flexibility index (Phi) is 5.98. The number of aromatic nitrogens is 3. The Labute approximate surface area is 174 Å². The molecule has 4 N–H and O–H groups in total. The number of carbonyl (C=O) groups is 1. The zero-order valence-corrected chi connectivity index (χ0v) is 17.3. The topological polar surface area (TPSA) is 106 Å². The molecule has 0 radical (unpaired) electrons. The van der Waals surface area contributed by atoms with Crippen LogP contribution >= 0.6 is 11.6 Å². The van der Waals surface area contributed by atoms with Crippen LogP contribution in [-0.2, 0) is 12.0 Å². The number of nitrogens with two attached hydrogens (primary N) is 1. The van der Waals surface area contributed by atoms with Crippen LogP contribution in [-0.4, -0.2) is 20.9 Å². The summed E-state index contributed by atoms with van der Waals surface area (Å²) in [6.45, 7) is 6.83. The zero-order chi connectivity index (χ0) is 21.0. The SMILES string of the molecule is CC(C)(C)c1ccc(Nc2ccc(CNC(=O)c3ncnc(N)c3Cl)cn2)cc1. The molecule has 0 fully saturated rings. The fraction of sp³-hybridized carbons (Fsp3) is 0.238. The van der Waals surface area contributed by atoms with Crippen LogP contribution in [0.25, 0.3) is 0 Å². The maximum atomic E-state index is 12.2. The molecule has 0 unspecified atom stereocenters. The fourth-order valence-electron chi connectivity index (χ4n) is 2.61. The van der Waals surface area contributed by atoms with Gasteiger partial charge in [-0.2, -0.15) is 0 Å². The van der Waals surface area contributed by atoms with Gasteiger partial charge in [0.15, 0.2) is 5.69 Å². The summed E-state index contributed by atoms with van der Waals surface area (Å²) in [6.07, 6.45) is 2.90. The van der Waals surface area contributed by atoms with Gasteiger partial charge < -0.3 is 16.4 Å². The summed E-state index contributed by atoms with van der Waals surface area (Å²) < 4.78 is 0. The van der Waals surface area contributed by atoms with Crippen molar-refractivity contribution in [1.82, 2.24) is 20.3 Å². The van der Waals surface area contributed by atoms with E-state index >= 15 is 0 Å². The van der Waals surface area contributed by atoms with E-state index in [0.29, 0.717) is 0 Å². The molecule has 3 aromatic rings. The Balaban J connectivity index is 1.59. The molecular formula is C21H23ClN6O. The summed E-state index contributed by atoms with van der Waals surface area (Å²) in [5, 5.41) is 6.05. The van der Waals surface area contributed by atoms with E-state index in [1.165, 1.54) is 11.9 Å². The Hall–Kier alpha value is -3.19. The van der Waals surface area contributed by atoms with Crippen molar-refractivity contribution in [3.63, 3.8) is 0 Å². The highest BCUT2D eigenvalue weighted by Crippen LogP contribution is 2.24. The van der Waals surface area contributed by atoms with Crippen LogP contribution in [0.1, 0.15) is 42.4 Å². The quantitative estimate of drug-likeness (QED) is 0.585. The number of nitrogen functional groups attached to an aromatic ring is 1. The van der Waals surface area contributed by atoms with E-state index in [1.54, 1.807) is 6.20 Å². The smallest absolute Gasteiger partial charge is 0.271 e. The summed E-state index contributed by atoms with van der Waals surface area (Å²) in [7, 11) is 0. The van der Waals surface area contributed by atoms with Crippen LogP contribution in [0.4, 0.5) is 17.3 Å². The number of hydrogen-bond donors (Lipinski definition) is 3. The first-order valence-corrected chi connectivity index (χ1v) is 9.48. The number of pyridine rings is 1. The molecule has 0 aliphatic carbocycles.